The summed E-state index contributed by atoms with van der Waals surface area (Å²) in [6, 6.07) is 13.3. The third-order valence-electron chi connectivity index (χ3n) is 3.93. The number of aryl methyl sites for hydroxylation is 2. The molecule has 126 valence electrons. The Hall–Kier alpha value is -2.66. The lowest BCUT2D eigenvalue weighted by molar-refractivity contribution is 0.0686. The Morgan fingerprint density at radius 3 is 1.33 bits per heavy atom. The zero-order valence-electron chi connectivity index (χ0n) is 13.2. The van der Waals surface area contributed by atoms with Crippen LogP contribution >= 0.6 is 0 Å². The van der Waals surface area contributed by atoms with E-state index < -0.39 is 18.0 Å². The van der Waals surface area contributed by atoms with E-state index >= 15 is 0 Å². The number of carbonyl (C=O) groups is 2. The van der Waals surface area contributed by atoms with Gasteiger partial charge in [-0.3, -0.25) is 0 Å². The van der Waals surface area contributed by atoms with Gasteiger partial charge in [-0.1, -0.05) is 24.3 Å². The number of aromatic carboxylic acids is 2. The third-order valence-corrected chi connectivity index (χ3v) is 3.93. The van der Waals surface area contributed by atoms with Crippen molar-refractivity contribution in [3.63, 3.8) is 0 Å². The van der Waals surface area contributed by atoms with Crippen LogP contribution in [0, 0.1) is 0 Å². The van der Waals surface area contributed by atoms with Crippen molar-refractivity contribution in [1.82, 2.24) is 0 Å². The van der Waals surface area contributed by atoms with Crippen molar-refractivity contribution in [1.29, 1.82) is 0 Å². The lowest BCUT2D eigenvalue weighted by Gasteiger charge is -2.11. The third kappa shape index (κ3) is 5.21. The number of rotatable bonds is 8. The molecule has 2 aromatic carbocycles. The maximum absolute atomic E-state index is 10.8. The topological polar surface area (TPSA) is 94.8 Å². The van der Waals surface area contributed by atoms with Crippen molar-refractivity contribution >= 4 is 11.9 Å². The molecule has 2 rings (SSSR count). The molecule has 2 aromatic rings. The van der Waals surface area contributed by atoms with E-state index in [1.54, 1.807) is 48.5 Å². The first-order valence-corrected chi connectivity index (χ1v) is 7.78. The minimum absolute atomic E-state index is 0.254. The number of aliphatic hydroxyl groups excluding tert-OH is 1. The Labute approximate surface area is 140 Å². The van der Waals surface area contributed by atoms with E-state index in [0.29, 0.717) is 25.7 Å². The second-order valence-corrected chi connectivity index (χ2v) is 5.74. The molecule has 24 heavy (non-hydrogen) atoms. The van der Waals surface area contributed by atoms with Gasteiger partial charge in [0.2, 0.25) is 0 Å². The molecule has 3 N–H and O–H groups in total. The molecule has 0 aliphatic rings. The van der Waals surface area contributed by atoms with Gasteiger partial charge in [0.15, 0.2) is 0 Å². The van der Waals surface area contributed by atoms with Crippen LogP contribution in [-0.4, -0.2) is 33.4 Å². The van der Waals surface area contributed by atoms with E-state index in [9.17, 15) is 14.7 Å². The van der Waals surface area contributed by atoms with Crippen molar-refractivity contribution < 1.29 is 24.9 Å². The van der Waals surface area contributed by atoms with Gasteiger partial charge >= 0.3 is 11.9 Å². The first-order valence-electron chi connectivity index (χ1n) is 7.78. The van der Waals surface area contributed by atoms with Crippen LogP contribution in [0.2, 0.25) is 0 Å². The zero-order chi connectivity index (χ0) is 17.5. The Morgan fingerprint density at radius 1 is 0.708 bits per heavy atom. The lowest BCUT2D eigenvalue weighted by atomic mass is 10.00. The van der Waals surface area contributed by atoms with Gasteiger partial charge in [0.1, 0.15) is 0 Å². The molecule has 0 aliphatic heterocycles. The molecule has 0 aliphatic carbocycles. The molecule has 0 fully saturated rings. The Morgan fingerprint density at radius 2 is 1.04 bits per heavy atom. The van der Waals surface area contributed by atoms with Crippen LogP contribution in [0.15, 0.2) is 48.5 Å². The van der Waals surface area contributed by atoms with Gasteiger partial charge in [0.05, 0.1) is 17.2 Å². The summed E-state index contributed by atoms with van der Waals surface area (Å²) in [5.41, 5.74) is 2.49. The summed E-state index contributed by atoms with van der Waals surface area (Å²) < 4.78 is 0. The quantitative estimate of drug-likeness (QED) is 0.692. The van der Waals surface area contributed by atoms with Crippen molar-refractivity contribution in [3.05, 3.63) is 70.8 Å². The van der Waals surface area contributed by atoms with Crippen LogP contribution in [0.3, 0.4) is 0 Å². The average Bonchev–Trinajstić information content (AvgIpc) is 2.58. The smallest absolute Gasteiger partial charge is 0.335 e. The van der Waals surface area contributed by atoms with E-state index in [0.717, 1.165) is 11.1 Å². The Balaban J connectivity index is 1.77. The molecule has 0 bridgehead atoms. The first-order chi connectivity index (χ1) is 11.5. The number of benzene rings is 2. The largest absolute Gasteiger partial charge is 0.478 e. The van der Waals surface area contributed by atoms with E-state index in [-0.39, 0.29) is 11.1 Å². The number of hydrogen-bond donors (Lipinski definition) is 3. The van der Waals surface area contributed by atoms with Crippen LogP contribution < -0.4 is 0 Å². The van der Waals surface area contributed by atoms with E-state index in [1.807, 2.05) is 0 Å². The van der Waals surface area contributed by atoms with Crippen molar-refractivity contribution in [2.24, 2.45) is 0 Å². The number of carboxylic acids is 2. The fourth-order valence-electron chi connectivity index (χ4n) is 2.44. The maximum atomic E-state index is 10.8. The van der Waals surface area contributed by atoms with E-state index in [4.69, 9.17) is 10.2 Å². The summed E-state index contributed by atoms with van der Waals surface area (Å²) in [5.74, 6) is -1.90. The highest BCUT2D eigenvalue weighted by Crippen LogP contribution is 2.13. The summed E-state index contributed by atoms with van der Waals surface area (Å²) in [6.07, 6.45) is 2.10. The number of hydrogen-bond acceptors (Lipinski definition) is 3. The first kappa shape index (κ1) is 17.7. The monoisotopic (exact) mass is 328 g/mol. The molecule has 0 amide bonds. The molecular formula is C19H20O5. The van der Waals surface area contributed by atoms with Crippen molar-refractivity contribution in [2.75, 3.05) is 0 Å². The maximum Gasteiger partial charge on any atom is 0.335 e. The molecule has 0 aromatic heterocycles. The predicted octanol–water partition coefficient (Wildman–Crippen LogP) is 3.01. The predicted molar refractivity (Wildman–Crippen MR) is 89.5 cm³/mol. The summed E-state index contributed by atoms with van der Waals surface area (Å²) in [4.78, 5) is 21.6. The lowest BCUT2D eigenvalue weighted by Crippen LogP contribution is -2.09. The van der Waals surface area contributed by atoms with E-state index in [2.05, 4.69) is 0 Å². The van der Waals surface area contributed by atoms with Crippen LogP contribution in [0.1, 0.15) is 44.7 Å². The van der Waals surface area contributed by atoms with Crippen LogP contribution in [0.25, 0.3) is 0 Å². The van der Waals surface area contributed by atoms with Gasteiger partial charge in [-0.05, 0) is 61.1 Å². The Kier molecular flexibility index (Phi) is 6.09. The molecule has 5 nitrogen and oxygen atoms in total. The second-order valence-electron chi connectivity index (χ2n) is 5.74. The van der Waals surface area contributed by atoms with Gasteiger partial charge < -0.3 is 15.3 Å². The highest BCUT2D eigenvalue weighted by atomic mass is 16.4. The van der Waals surface area contributed by atoms with Crippen LogP contribution in [0.5, 0.6) is 0 Å². The second kappa shape index (κ2) is 8.26. The summed E-state index contributed by atoms with van der Waals surface area (Å²) in [7, 11) is 0. The van der Waals surface area contributed by atoms with E-state index in [1.165, 1.54) is 0 Å². The fourth-order valence-corrected chi connectivity index (χ4v) is 2.44. The SMILES string of the molecule is O=C(O)c1ccc(CCC(O)CCc2ccc(C(=O)O)cc2)cc1. The molecule has 0 saturated heterocycles. The normalized spacial score (nSPS) is 10.8. The van der Waals surface area contributed by atoms with Crippen molar-refractivity contribution in [2.45, 2.75) is 31.8 Å². The minimum Gasteiger partial charge on any atom is -0.478 e. The number of aliphatic hydroxyl groups is 1. The minimum atomic E-state index is -0.949. The summed E-state index contributed by atoms with van der Waals surface area (Å²) >= 11 is 0. The molecular weight excluding hydrogens is 308 g/mol. The molecule has 5 heteroatoms. The number of carboxylic acid groups (broad SMARTS) is 2. The van der Waals surface area contributed by atoms with Gasteiger partial charge in [-0.15, -0.1) is 0 Å². The van der Waals surface area contributed by atoms with Gasteiger partial charge in [0.25, 0.3) is 0 Å². The van der Waals surface area contributed by atoms with Gasteiger partial charge in [0, 0.05) is 0 Å². The zero-order valence-corrected chi connectivity index (χ0v) is 13.2. The van der Waals surface area contributed by atoms with Gasteiger partial charge in [-0.25, -0.2) is 9.59 Å². The molecule has 0 atom stereocenters. The van der Waals surface area contributed by atoms with Gasteiger partial charge in [-0.2, -0.15) is 0 Å². The molecule has 0 heterocycles. The summed E-state index contributed by atoms with van der Waals surface area (Å²) in [5, 5.41) is 27.8. The highest BCUT2D eigenvalue weighted by Gasteiger charge is 2.08. The molecule has 0 unspecified atom stereocenters. The van der Waals surface area contributed by atoms with Crippen LogP contribution in [-0.2, 0) is 12.8 Å². The Bertz CT molecular complexity index is 627. The molecule has 0 spiro atoms. The van der Waals surface area contributed by atoms with Crippen molar-refractivity contribution in [3.8, 4) is 0 Å². The molecule has 0 saturated carbocycles. The highest BCUT2D eigenvalue weighted by molar-refractivity contribution is 5.87. The van der Waals surface area contributed by atoms with Crippen LogP contribution in [0.4, 0.5) is 0 Å². The summed E-state index contributed by atoms with van der Waals surface area (Å²) in [6.45, 7) is 0. The molecule has 0 radical (unpaired) electrons. The standard InChI is InChI=1S/C19H20O5/c20-17(11-5-13-1-7-15(8-2-13)18(21)22)12-6-14-3-9-16(10-4-14)19(23)24/h1-4,7-10,17,20H,5-6,11-12H2,(H,21,22)(H,23,24). The fraction of sp³-hybridized carbons (Fsp3) is 0.263. The average molecular weight is 328 g/mol.